The minimum absolute atomic E-state index is 0.127. The molecule has 0 aliphatic rings. The number of anilines is 1. The van der Waals surface area contributed by atoms with E-state index in [0.717, 1.165) is 29.5 Å². The molecule has 0 atom stereocenters. The molecule has 6 nitrogen and oxygen atoms in total. The summed E-state index contributed by atoms with van der Waals surface area (Å²) in [5.41, 5.74) is 2.11. The number of nitrogens with zero attached hydrogens (tertiary/aromatic N) is 1. The Morgan fingerprint density at radius 3 is 2.18 bits per heavy atom. The summed E-state index contributed by atoms with van der Waals surface area (Å²) in [5.74, 6) is -2.72. The largest absolute Gasteiger partial charge is 0.386 e. The summed E-state index contributed by atoms with van der Waals surface area (Å²) in [6.07, 6.45) is 1.45. The molecule has 8 heteroatoms. The Morgan fingerprint density at radius 2 is 1.58 bits per heavy atom. The fourth-order valence-corrected chi connectivity index (χ4v) is 3.24. The molecule has 0 aliphatic heterocycles. The van der Waals surface area contributed by atoms with Crippen LogP contribution in [0.4, 0.5) is 14.5 Å². The van der Waals surface area contributed by atoms with Gasteiger partial charge in [-0.1, -0.05) is 65.8 Å². The number of carbonyl (C=O) groups excluding carboxylic acids is 2. The van der Waals surface area contributed by atoms with Crippen molar-refractivity contribution in [3.05, 3.63) is 102 Å². The second-order valence-corrected chi connectivity index (χ2v) is 7.13. The molecule has 0 fully saturated rings. The van der Waals surface area contributed by atoms with Crippen LogP contribution in [0.3, 0.4) is 0 Å². The molecule has 3 aromatic carbocycles. The van der Waals surface area contributed by atoms with E-state index >= 15 is 0 Å². The highest BCUT2D eigenvalue weighted by Gasteiger charge is 2.14. The van der Waals surface area contributed by atoms with Gasteiger partial charge in [-0.2, -0.15) is 0 Å². The van der Waals surface area contributed by atoms with Crippen LogP contribution in [0.25, 0.3) is 0 Å². The van der Waals surface area contributed by atoms with E-state index in [2.05, 4.69) is 40.1 Å². The lowest BCUT2D eigenvalue weighted by molar-refractivity contribution is -0.125. The first kappa shape index (κ1) is 23.6. The van der Waals surface area contributed by atoms with Gasteiger partial charge in [0.2, 0.25) is 0 Å². The van der Waals surface area contributed by atoms with E-state index in [9.17, 15) is 18.4 Å². The summed E-state index contributed by atoms with van der Waals surface area (Å²) in [5, 5.41) is 8.36. The third-order valence-electron chi connectivity index (χ3n) is 4.79. The van der Waals surface area contributed by atoms with Crippen molar-refractivity contribution in [2.24, 2.45) is 5.16 Å². The molecule has 2 amide bonds. The summed E-state index contributed by atoms with van der Waals surface area (Å²) in [6.45, 7) is 0.0424. The highest BCUT2D eigenvalue weighted by Crippen LogP contribution is 2.27. The molecule has 0 saturated heterocycles. The predicted molar refractivity (Wildman–Crippen MR) is 122 cm³/mol. The Hall–Kier alpha value is -4.07. The fourth-order valence-electron chi connectivity index (χ4n) is 3.24. The maximum atomic E-state index is 13.5. The molecular formula is C25H23F2N3O3. The molecule has 33 heavy (non-hydrogen) atoms. The zero-order valence-corrected chi connectivity index (χ0v) is 17.7. The Balaban J connectivity index is 1.42. The van der Waals surface area contributed by atoms with Gasteiger partial charge in [-0.25, -0.2) is 8.78 Å². The lowest BCUT2D eigenvalue weighted by Crippen LogP contribution is -2.29. The Kier molecular flexibility index (Phi) is 8.64. The summed E-state index contributed by atoms with van der Waals surface area (Å²) in [4.78, 5) is 28.5. The van der Waals surface area contributed by atoms with Crippen LogP contribution in [0.2, 0.25) is 0 Å². The standard InChI is InChI=1S/C25H23F2N3O3/c26-20-11-12-23(22(27)15-20)30-24(31)16-29-33-17-25(32)28-14-13-21(18-7-3-1-4-8-18)19-9-5-2-6-10-19/h1-12,15-16,21H,13-14,17H2,(H,28,32)(H,30,31)/b29-16+. The van der Waals surface area contributed by atoms with Crippen molar-refractivity contribution in [3.63, 3.8) is 0 Å². The molecule has 0 radical (unpaired) electrons. The molecule has 3 rings (SSSR count). The highest BCUT2D eigenvalue weighted by atomic mass is 19.1. The molecule has 0 bridgehead atoms. The van der Waals surface area contributed by atoms with E-state index in [1.165, 1.54) is 0 Å². The number of hydrogen-bond acceptors (Lipinski definition) is 4. The van der Waals surface area contributed by atoms with E-state index in [-0.39, 0.29) is 18.2 Å². The fraction of sp³-hybridized carbons (Fsp3) is 0.160. The van der Waals surface area contributed by atoms with E-state index < -0.39 is 23.4 Å². The van der Waals surface area contributed by atoms with Crippen molar-refractivity contribution in [2.75, 3.05) is 18.5 Å². The number of amides is 2. The Labute approximate surface area is 190 Å². The quantitative estimate of drug-likeness (QED) is 0.357. The van der Waals surface area contributed by atoms with Gasteiger partial charge in [0.1, 0.15) is 17.8 Å². The van der Waals surface area contributed by atoms with Gasteiger partial charge in [0, 0.05) is 18.5 Å². The van der Waals surface area contributed by atoms with Crippen LogP contribution in [0.15, 0.2) is 84.0 Å². The van der Waals surface area contributed by atoms with Crippen molar-refractivity contribution in [3.8, 4) is 0 Å². The third-order valence-corrected chi connectivity index (χ3v) is 4.79. The molecule has 170 valence electrons. The van der Waals surface area contributed by atoms with Gasteiger partial charge in [0.05, 0.1) is 5.69 Å². The summed E-state index contributed by atoms with van der Waals surface area (Å²) in [6, 6.07) is 22.8. The van der Waals surface area contributed by atoms with Gasteiger partial charge in [-0.05, 0) is 29.7 Å². The molecule has 0 spiro atoms. The molecule has 0 saturated carbocycles. The molecule has 0 heterocycles. The SMILES string of the molecule is O=C(/C=N/OCC(=O)NCCC(c1ccccc1)c1ccccc1)Nc1ccc(F)cc1F. The smallest absolute Gasteiger partial charge is 0.270 e. The van der Waals surface area contributed by atoms with Crippen LogP contribution in [0.5, 0.6) is 0 Å². The van der Waals surface area contributed by atoms with Crippen LogP contribution in [0.1, 0.15) is 23.5 Å². The van der Waals surface area contributed by atoms with Crippen LogP contribution in [-0.2, 0) is 14.4 Å². The van der Waals surface area contributed by atoms with E-state index in [1.54, 1.807) is 0 Å². The topological polar surface area (TPSA) is 79.8 Å². The van der Waals surface area contributed by atoms with Crippen LogP contribution < -0.4 is 10.6 Å². The minimum atomic E-state index is -0.915. The van der Waals surface area contributed by atoms with Crippen molar-refractivity contribution >= 4 is 23.7 Å². The highest BCUT2D eigenvalue weighted by molar-refractivity contribution is 6.31. The van der Waals surface area contributed by atoms with Gasteiger partial charge in [-0.15, -0.1) is 0 Å². The molecular weight excluding hydrogens is 428 g/mol. The van der Waals surface area contributed by atoms with Gasteiger partial charge >= 0.3 is 0 Å². The molecule has 0 aliphatic carbocycles. The number of oxime groups is 1. The number of halogens is 2. The van der Waals surface area contributed by atoms with Crippen molar-refractivity contribution < 1.29 is 23.2 Å². The van der Waals surface area contributed by atoms with Crippen molar-refractivity contribution in [2.45, 2.75) is 12.3 Å². The van der Waals surface area contributed by atoms with Crippen LogP contribution in [0, 0.1) is 11.6 Å². The first-order valence-electron chi connectivity index (χ1n) is 10.3. The zero-order valence-electron chi connectivity index (χ0n) is 17.7. The predicted octanol–water partition coefficient (Wildman–Crippen LogP) is 4.24. The Morgan fingerprint density at radius 1 is 0.939 bits per heavy atom. The number of hydrogen-bond donors (Lipinski definition) is 2. The van der Waals surface area contributed by atoms with E-state index in [0.29, 0.717) is 19.0 Å². The number of rotatable bonds is 10. The first-order valence-corrected chi connectivity index (χ1v) is 10.3. The number of benzene rings is 3. The van der Waals surface area contributed by atoms with Crippen molar-refractivity contribution in [1.82, 2.24) is 5.32 Å². The minimum Gasteiger partial charge on any atom is -0.386 e. The van der Waals surface area contributed by atoms with Crippen LogP contribution in [-0.4, -0.2) is 31.2 Å². The van der Waals surface area contributed by atoms with Gasteiger partial charge in [0.15, 0.2) is 6.61 Å². The maximum Gasteiger partial charge on any atom is 0.270 e. The average Bonchev–Trinajstić information content (AvgIpc) is 2.82. The Bertz CT molecular complexity index is 1050. The lowest BCUT2D eigenvalue weighted by atomic mass is 9.88. The third kappa shape index (κ3) is 7.53. The molecule has 0 unspecified atom stereocenters. The average molecular weight is 451 g/mol. The summed E-state index contributed by atoms with van der Waals surface area (Å²) in [7, 11) is 0. The maximum absolute atomic E-state index is 13.5. The molecule has 0 aromatic heterocycles. The first-order chi connectivity index (χ1) is 16.0. The van der Waals surface area contributed by atoms with Gasteiger partial charge < -0.3 is 15.5 Å². The second kappa shape index (κ2) is 12.1. The van der Waals surface area contributed by atoms with E-state index in [4.69, 9.17) is 4.84 Å². The van der Waals surface area contributed by atoms with Gasteiger partial charge in [0.25, 0.3) is 11.8 Å². The lowest BCUT2D eigenvalue weighted by Gasteiger charge is -2.18. The molecule has 3 aromatic rings. The monoisotopic (exact) mass is 451 g/mol. The number of carbonyl (C=O) groups is 2. The molecule has 2 N–H and O–H groups in total. The van der Waals surface area contributed by atoms with Crippen LogP contribution >= 0.6 is 0 Å². The van der Waals surface area contributed by atoms with E-state index in [1.807, 2.05) is 36.4 Å². The summed E-state index contributed by atoms with van der Waals surface area (Å²) >= 11 is 0. The second-order valence-electron chi connectivity index (χ2n) is 7.13. The zero-order chi connectivity index (χ0) is 23.5. The van der Waals surface area contributed by atoms with Gasteiger partial charge in [-0.3, -0.25) is 9.59 Å². The summed E-state index contributed by atoms with van der Waals surface area (Å²) < 4.78 is 26.4. The van der Waals surface area contributed by atoms with Crippen molar-refractivity contribution in [1.29, 1.82) is 0 Å². The number of nitrogens with one attached hydrogen (secondary N) is 2. The normalized spacial score (nSPS) is 10.9.